The zero-order valence-corrected chi connectivity index (χ0v) is 11.0. The van der Waals surface area contributed by atoms with Gasteiger partial charge in [-0.3, -0.25) is 0 Å². The number of hydrogen-bond donors (Lipinski definition) is 1. The molecule has 0 spiro atoms. The molecule has 4 nitrogen and oxygen atoms in total. The van der Waals surface area contributed by atoms with Gasteiger partial charge in [0.25, 0.3) is 0 Å². The van der Waals surface area contributed by atoms with Gasteiger partial charge in [-0.15, -0.1) is 6.58 Å². The molecule has 0 radical (unpaired) electrons. The molecule has 1 amide bonds. The molecule has 0 saturated heterocycles. The highest BCUT2D eigenvalue weighted by atomic mass is 16.6. The maximum Gasteiger partial charge on any atom is 0.407 e. The minimum Gasteiger partial charge on any atom is -0.444 e. The van der Waals surface area contributed by atoms with Crippen molar-refractivity contribution in [2.75, 3.05) is 6.54 Å². The third kappa shape index (κ3) is 5.73. The Kier molecular flexibility index (Phi) is 5.00. The molecule has 17 heavy (non-hydrogen) atoms. The van der Waals surface area contributed by atoms with Crippen molar-refractivity contribution in [3.63, 3.8) is 0 Å². The monoisotopic (exact) mass is 241 g/mol. The van der Waals surface area contributed by atoms with E-state index >= 15 is 0 Å². The van der Waals surface area contributed by atoms with E-state index in [1.807, 2.05) is 20.8 Å². The van der Waals surface area contributed by atoms with E-state index in [2.05, 4.69) is 11.9 Å². The summed E-state index contributed by atoms with van der Waals surface area (Å²) in [7, 11) is 0. The van der Waals surface area contributed by atoms with E-state index in [-0.39, 0.29) is 6.10 Å². The lowest BCUT2D eigenvalue weighted by Gasteiger charge is -2.29. The van der Waals surface area contributed by atoms with E-state index in [1.165, 1.54) is 6.42 Å². The van der Waals surface area contributed by atoms with Gasteiger partial charge in [0.2, 0.25) is 0 Å². The van der Waals surface area contributed by atoms with E-state index < -0.39 is 11.7 Å². The van der Waals surface area contributed by atoms with Gasteiger partial charge in [-0.1, -0.05) is 6.08 Å². The third-order valence-electron chi connectivity index (χ3n) is 2.53. The van der Waals surface area contributed by atoms with Crippen molar-refractivity contribution in [1.29, 1.82) is 0 Å². The second-order valence-corrected chi connectivity index (χ2v) is 5.35. The Balaban J connectivity index is 2.22. The van der Waals surface area contributed by atoms with Crippen LogP contribution in [-0.4, -0.2) is 30.4 Å². The Morgan fingerprint density at radius 3 is 2.59 bits per heavy atom. The predicted molar refractivity (Wildman–Crippen MR) is 66.9 cm³/mol. The van der Waals surface area contributed by atoms with Crippen molar-refractivity contribution in [3.8, 4) is 0 Å². The molecule has 0 heterocycles. The zero-order valence-electron chi connectivity index (χ0n) is 11.0. The van der Waals surface area contributed by atoms with Crippen molar-refractivity contribution in [2.45, 2.75) is 57.8 Å². The van der Waals surface area contributed by atoms with Crippen LogP contribution in [0, 0.1) is 0 Å². The van der Waals surface area contributed by atoms with Gasteiger partial charge in [-0.25, -0.2) is 4.79 Å². The summed E-state index contributed by atoms with van der Waals surface area (Å²) in [5.74, 6) is 0. The van der Waals surface area contributed by atoms with Gasteiger partial charge in [0.1, 0.15) is 5.60 Å². The van der Waals surface area contributed by atoms with Gasteiger partial charge in [-0.2, -0.15) is 0 Å². The van der Waals surface area contributed by atoms with E-state index in [4.69, 9.17) is 9.47 Å². The van der Waals surface area contributed by atoms with Gasteiger partial charge in [0.05, 0.1) is 18.8 Å². The first kappa shape index (κ1) is 14.0. The number of amides is 1. The average molecular weight is 241 g/mol. The highest BCUT2D eigenvalue weighted by Crippen LogP contribution is 2.23. The molecule has 1 saturated carbocycles. The number of nitrogens with one attached hydrogen (secondary N) is 1. The summed E-state index contributed by atoms with van der Waals surface area (Å²) in [5.41, 5.74) is -0.470. The molecule has 0 aromatic rings. The highest BCUT2D eigenvalue weighted by molar-refractivity contribution is 5.67. The summed E-state index contributed by atoms with van der Waals surface area (Å²) in [4.78, 5) is 11.4. The van der Waals surface area contributed by atoms with Crippen molar-refractivity contribution < 1.29 is 14.3 Å². The highest BCUT2D eigenvalue weighted by Gasteiger charge is 2.22. The zero-order chi connectivity index (χ0) is 12.9. The molecule has 0 aromatic carbocycles. The first-order valence-electron chi connectivity index (χ1n) is 6.15. The quantitative estimate of drug-likeness (QED) is 0.753. The first-order chi connectivity index (χ1) is 7.90. The largest absolute Gasteiger partial charge is 0.444 e. The molecule has 98 valence electrons. The molecule has 1 aliphatic rings. The van der Waals surface area contributed by atoms with Crippen LogP contribution in [0.25, 0.3) is 0 Å². The lowest BCUT2D eigenvalue weighted by molar-refractivity contribution is -0.0305. The van der Waals surface area contributed by atoms with Crippen LogP contribution in [0.3, 0.4) is 0 Å². The number of rotatable bonds is 5. The second-order valence-electron chi connectivity index (χ2n) is 5.35. The molecule has 1 fully saturated rings. The Morgan fingerprint density at radius 1 is 1.53 bits per heavy atom. The molecule has 1 unspecified atom stereocenters. The fourth-order valence-corrected chi connectivity index (χ4v) is 1.44. The van der Waals surface area contributed by atoms with Crippen LogP contribution < -0.4 is 5.32 Å². The summed E-state index contributed by atoms with van der Waals surface area (Å²) >= 11 is 0. The lowest BCUT2D eigenvalue weighted by Crippen LogP contribution is -2.39. The molecule has 1 N–H and O–H groups in total. The summed E-state index contributed by atoms with van der Waals surface area (Å²) in [6, 6.07) is 0. The van der Waals surface area contributed by atoms with Crippen LogP contribution in [0.5, 0.6) is 0 Å². The second kappa shape index (κ2) is 6.05. The number of alkyl carbamates (subject to hydrolysis) is 1. The van der Waals surface area contributed by atoms with Crippen molar-refractivity contribution in [1.82, 2.24) is 5.32 Å². The Bertz CT molecular complexity index is 266. The molecular formula is C13H23NO3. The maximum absolute atomic E-state index is 11.4. The van der Waals surface area contributed by atoms with Gasteiger partial charge in [0.15, 0.2) is 0 Å². The normalized spacial score (nSPS) is 18.1. The predicted octanol–water partition coefficient (Wildman–Crippen LogP) is 2.63. The summed E-state index contributed by atoms with van der Waals surface area (Å²) < 4.78 is 10.9. The summed E-state index contributed by atoms with van der Waals surface area (Å²) in [6.45, 7) is 9.63. The Morgan fingerprint density at radius 2 is 2.18 bits per heavy atom. The number of carbonyl (C=O) groups excluding carboxylic acids is 1. The molecule has 1 aliphatic carbocycles. The molecule has 1 rings (SSSR count). The Labute approximate surface area is 103 Å². The van der Waals surface area contributed by atoms with Crippen molar-refractivity contribution in [3.05, 3.63) is 12.7 Å². The average Bonchev–Trinajstić information content (AvgIpc) is 2.12. The number of hydrogen-bond acceptors (Lipinski definition) is 3. The SMILES string of the molecule is C=CC(CNC(=O)OC(C)(C)C)OC1CCC1. The van der Waals surface area contributed by atoms with Gasteiger partial charge < -0.3 is 14.8 Å². The molecule has 4 heteroatoms. The Hall–Kier alpha value is -1.03. The first-order valence-corrected chi connectivity index (χ1v) is 6.15. The van der Waals surface area contributed by atoms with Crippen LogP contribution in [0.1, 0.15) is 40.0 Å². The van der Waals surface area contributed by atoms with Crippen molar-refractivity contribution in [2.24, 2.45) is 0 Å². The molecule has 0 aliphatic heterocycles. The fourth-order valence-electron chi connectivity index (χ4n) is 1.44. The van der Waals surface area contributed by atoms with Gasteiger partial charge in [-0.05, 0) is 40.0 Å². The third-order valence-corrected chi connectivity index (χ3v) is 2.53. The fraction of sp³-hybridized carbons (Fsp3) is 0.769. The number of carbonyl (C=O) groups is 1. The van der Waals surface area contributed by atoms with Crippen LogP contribution >= 0.6 is 0 Å². The summed E-state index contributed by atoms with van der Waals surface area (Å²) in [6.07, 6.45) is 4.95. The minimum atomic E-state index is -0.470. The topological polar surface area (TPSA) is 47.6 Å². The summed E-state index contributed by atoms with van der Waals surface area (Å²) in [5, 5.41) is 2.69. The van der Waals surface area contributed by atoms with E-state index in [1.54, 1.807) is 6.08 Å². The van der Waals surface area contributed by atoms with Crippen LogP contribution in [0.2, 0.25) is 0 Å². The van der Waals surface area contributed by atoms with Gasteiger partial charge in [0, 0.05) is 0 Å². The van der Waals surface area contributed by atoms with Crippen LogP contribution in [0.4, 0.5) is 4.79 Å². The smallest absolute Gasteiger partial charge is 0.407 e. The maximum atomic E-state index is 11.4. The van der Waals surface area contributed by atoms with E-state index in [0.29, 0.717) is 12.6 Å². The minimum absolute atomic E-state index is 0.132. The standard InChI is InChI=1S/C13H23NO3/c1-5-10(16-11-7-6-8-11)9-14-12(15)17-13(2,3)4/h5,10-11H,1,6-9H2,2-4H3,(H,14,15). The molecule has 1 atom stereocenters. The molecule has 0 aromatic heterocycles. The molecular weight excluding hydrogens is 218 g/mol. The van der Waals surface area contributed by atoms with E-state index in [9.17, 15) is 4.79 Å². The van der Waals surface area contributed by atoms with E-state index in [0.717, 1.165) is 12.8 Å². The lowest BCUT2D eigenvalue weighted by atomic mass is 9.96. The van der Waals surface area contributed by atoms with Crippen LogP contribution in [-0.2, 0) is 9.47 Å². The number of ether oxygens (including phenoxy) is 2. The van der Waals surface area contributed by atoms with Gasteiger partial charge >= 0.3 is 6.09 Å². The van der Waals surface area contributed by atoms with Crippen molar-refractivity contribution >= 4 is 6.09 Å². The molecule has 0 bridgehead atoms. The van der Waals surface area contributed by atoms with Crippen LogP contribution in [0.15, 0.2) is 12.7 Å².